The maximum atomic E-state index is 13.0. The Morgan fingerprint density at radius 1 is 1.04 bits per heavy atom. The molecule has 1 saturated heterocycles. The first-order chi connectivity index (χ1) is 12.7. The van der Waals surface area contributed by atoms with Crippen molar-refractivity contribution in [3.8, 4) is 10.4 Å². The zero-order chi connectivity index (χ0) is 17.9. The van der Waals surface area contributed by atoms with Gasteiger partial charge in [-0.15, -0.1) is 0 Å². The molecular weight excluding hydrogens is 347 g/mol. The van der Waals surface area contributed by atoms with E-state index < -0.39 is 0 Å². The van der Waals surface area contributed by atoms with E-state index in [1.54, 1.807) is 23.5 Å². The standard InChI is InChI=1S/C21H19FN2OS/c22-18-8-6-16(7-9-18)20(25)17-10-12-24(13-11-17)21-23-14-19(26-21)15-4-2-1-3-5-15/h1-9,14,17H,10-13H2. The van der Waals surface area contributed by atoms with Crippen LogP contribution in [0.2, 0.25) is 0 Å². The van der Waals surface area contributed by atoms with E-state index in [9.17, 15) is 9.18 Å². The molecule has 0 radical (unpaired) electrons. The molecule has 0 amide bonds. The van der Waals surface area contributed by atoms with Crippen LogP contribution < -0.4 is 4.90 Å². The topological polar surface area (TPSA) is 33.2 Å². The predicted molar refractivity (Wildman–Crippen MR) is 103 cm³/mol. The van der Waals surface area contributed by atoms with Gasteiger partial charge in [0.1, 0.15) is 5.82 Å². The summed E-state index contributed by atoms with van der Waals surface area (Å²) < 4.78 is 13.0. The van der Waals surface area contributed by atoms with Crippen LogP contribution in [0.4, 0.5) is 9.52 Å². The fourth-order valence-corrected chi connectivity index (χ4v) is 4.30. The molecule has 0 N–H and O–H groups in total. The Morgan fingerprint density at radius 2 is 1.73 bits per heavy atom. The van der Waals surface area contributed by atoms with Crippen LogP contribution >= 0.6 is 11.3 Å². The highest BCUT2D eigenvalue weighted by atomic mass is 32.1. The van der Waals surface area contributed by atoms with Crippen molar-refractivity contribution in [2.75, 3.05) is 18.0 Å². The van der Waals surface area contributed by atoms with Gasteiger partial charge in [-0.1, -0.05) is 41.7 Å². The van der Waals surface area contributed by atoms with E-state index in [-0.39, 0.29) is 17.5 Å². The third-order valence-corrected chi connectivity index (χ3v) is 5.92. The Hall–Kier alpha value is -2.53. The van der Waals surface area contributed by atoms with Gasteiger partial charge in [0.25, 0.3) is 0 Å². The molecule has 1 aliphatic heterocycles. The largest absolute Gasteiger partial charge is 0.348 e. The van der Waals surface area contributed by atoms with Crippen LogP contribution in [0.5, 0.6) is 0 Å². The Labute approximate surface area is 156 Å². The summed E-state index contributed by atoms with van der Waals surface area (Å²) >= 11 is 1.69. The number of piperidine rings is 1. The van der Waals surface area contributed by atoms with Crippen molar-refractivity contribution in [3.05, 3.63) is 72.2 Å². The molecule has 0 atom stereocenters. The van der Waals surface area contributed by atoms with Crippen molar-refractivity contribution in [3.63, 3.8) is 0 Å². The number of ketones is 1. The summed E-state index contributed by atoms with van der Waals surface area (Å²) in [5.74, 6) is -0.187. The lowest BCUT2D eigenvalue weighted by molar-refractivity contribution is 0.0900. The molecule has 0 aliphatic carbocycles. The minimum Gasteiger partial charge on any atom is -0.348 e. The number of nitrogens with zero attached hydrogens (tertiary/aromatic N) is 2. The highest BCUT2D eigenvalue weighted by molar-refractivity contribution is 7.18. The molecule has 1 aromatic heterocycles. The third kappa shape index (κ3) is 3.53. The first-order valence-corrected chi connectivity index (χ1v) is 9.58. The Morgan fingerprint density at radius 3 is 2.42 bits per heavy atom. The van der Waals surface area contributed by atoms with E-state index in [2.05, 4.69) is 22.0 Å². The molecule has 2 aromatic carbocycles. The lowest BCUT2D eigenvalue weighted by atomic mass is 9.89. The molecule has 3 aromatic rings. The Balaban J connectivity index is 1.40. The van der Waals surface area contributed by atoms with Crippen molar-refractivity contribution in [1.82, 2.24) is 4.98 Å². The van der Waals surface area contributed by atoms with Crippen LogP contribution in [0, 0.1) is 11.7 Å². The highest BCUT2D eigenvalue weighted by Gasteiger charge is 2.27. The van der Waals surface area contributed by atoms with Crippen LogP contribution in [-0.2, 0) is 0 Å². The zero-order valence-corrected chi connectivity index (χ0v) is 15.1. The maximum Gasteiger partial charge on any atom is 0.185 e. The average molecular weight is 366 g/mol. The Bertz CT molecular complexity index is 884. The van der Waals surface area contributed by atoms with Crippen molar-refractivity contribution in [2.45, 2.75) is 12.8 Å². The number of Topliss-reactive ketones (excluding diaryl/α,β-unsaturated/α-hetero) is 1. The minimum absolute atomic E-state index is 0.00488. The molecule has 0 unspecified atom stereocenters. The van der Waals surface area contributed by atoms with Gasteiger partial charge in [-0.05, 0) is 42.7 Å². The molecule has 26 heavy (non-hydrogen) atoms. The number of benzene rings is 2. The summed E-state index contributed by atoms with van der Waals surface area (Å²) in [6.07, 6.45) is 3.53. The number of carbonyl (C=O) groups excluding carboxylic acids is 1. The number of hydrogen-bond donors (Lipinski definition) is 0. The van der Waals surface area contributed by atoms with Crippen LogP contribution in [0.3, 0.4) is 0 Å². The lowest BCUT2D eigenvalue weighted by Gasteiger charge is -2.31. The first-order valence-electron chi connectivity index (χ1n) is 8.77. The molecule has 0 saturated carbocycles. The fraction of sp³-hybridized carbons (Fsp3) is 0.238. The molecule has 0 bridgehead atoms. The molecule has 0 spiro atoms. The lowest BCUT2D eigenvalue weighted by Crippen LogP contribution is -2.36. The summed E-state index contributed by atoms with van der Waals surface area (Å²) in [5, 5.41) is 1.01. The number of rotatable bonds is 4. The third-order valence-electron chi connectivity index (χ3n) is 4.82. The molecule has 4 rings (SSSR count). The van der Waals surface area contributed by atoms with Crippen LogP contribution in [0.25, 0.3) is 10.4 Å². The first kappa shape index (κ1) is 16.9. The number of aromatic nitrogens is 1. The van der Waals surface area contributed by atoms with E-state index >= 15 is 0 Å². The van der Waals surface area contributed by atoms with Gasteiger partial charge in [0.05, 0.1) is 4.88 Å². The van der Waals surface area contributed by atoms with E-state index in [1.165, 1.54) is 17.7 Å². The summed E-state index contributed by atoms with van der Waals surface area (Å²) in [6.45, 7) is 1.64. The summed E-state index contributed by atoms with van der Waals surface area (Å²) in [4.78, 5) is 20.6. The van der Waals surface area contributed by atoms with E-state index in [4.69, 9.17) is 0 Å². The molecule has 132 valence electrons. The van der Waals surface area contributed by atoms with Crippen molar-refractivity contribution in [2.24, 2.45) is 5.92 Å². The van der Waals surface area contributed by atoms with E-state index in [0.717, 1.165) is 35.9 Å². The van der Waals surface area contributed by atoms with Crippen LogP contribution in [0.15, 0.2) is 60.8 Å². The van der Waals surface area contributed by atoms with Gasteiger partial charge in [0.2, 0.25) is 0 Å². The van der Waals surface area contributed by atoms with Gasteiger partial charge in [-0.3, -0.25) is 4.79 Å². The minimum atomic E-state index is -0.311. The average Bonchev–Trinajstić information content (AvgIpc) is 3.19. The maximum absolute atomic E-state index is 13.0. The summed E-state index contributed by atoms with van der Waals surface area (Å²) in [6, 6.07) is 16.1. The van der Waals surface area contributed by atoms with Gasteiger partial charge in [-0.25, -0.2) is 9.37 Å². The monoisotopic (exact) mass is 366 g/mol. The second kappa shape index (κ2) is 7.38. The molecule has 1 aliphatic rings. The number of hydrogen-bond acceptors (Lipinski definition) is 4. The van der Waals surface area contributed by atoms with Gasteiger partial charge in [-0.2, -0.15) is 0 Å². The van der Waals surface area contributed by atoms with E-state index in [0.29, 0.717) is 5.56 Å². The zero-order valence-electron chi connectivity index (χ0n) is 14.3. The van der Waals surface area contributed by atoms with Crippen LogP contribution in [0.1, 0.15) is 23.2 Å². The smallest absolute Gasteiger partial charge is 0.185 e. The molecule has 3 nitrogen and oxygen atoms in total. The second-order valence-corrected chi connectivity index (χ2v) is 7.51. The highest BCUT2D eigenvalue weighted by Crippen LogP contribution is 2.33. The normalized spacial score (nSPS) is 15.2. The summed E-state index contributed by atoms with van der Waals surface area (Å²) in [5.41, 5.74) is 1.78. The number of halogens is 1. The van der Waals surface area contributed by atoms with Gasteiger partial charge >= 0.3 is 0 Å². The molecule has 5 heteroatoms. The van der Waals surface area contributed by atoms with Crippen LogP contribution in [-0.4, -0.2) is 23.9 Å². The van der Waals surface area contributed by atoms with Crippen molar-refractivity contribution < 1.29 is 9.18 Å². The molecule has 1 fully saturated rings. The predicted octanol–water partition coefficient (Wildman–Crippen LogP) is 5.05. The van der Waals surface area contributed by atoms with Crippen molar-refractivity contribution in [1.29, 1.82) is 0 Å². The Kier molecular flexibility index (Phi) is 4.80. The van der Waals surface area contributed by atoms with Gasteiger partial charge in [0.15, 0.2) is 10.9 Å². The van der Waals surface area contributed by atoms with Gasteiger partial charge < -0.3 is 4.90 Å². The molecule has 2 heterocycles. The second-order valence-electron chi connectivity index (χ2n) is 6.51. The van der Waals surface area contributed by atoms with E-state index in [1.807, 2.05) is 24.4 Å². The van der Waals surface area contributed by atoms with Crippen molar-refractivity contribution >= 4 is 22.3 Å². The quantitative estimate of drug-likeness (QED) is 0.606. The number of anilines is 1. The molecular formula is C21H19FN2OS. The number of carbonyl (C=O) groups is 1. The SMILES string of the molecule is O=C(c1ccc(F)cc1)C1CCN(c2ncc(-c3ccccc3)s2)CC1. The van der Waals surface area contributed by atoms with Gasteiger partial charge in [0, 0.05) is 30.8 Å². The number of thiazole rings is 1. The summed E-state index contributed by atoms with van der Waals surface area (Å²) in [7, 11) is 0. The fourth-order valence-electron chi connectivity index (χ4n) is 3.33.